The topological polar surface area (TPSA) is 76.8 Å². The molecule has 3 aromatic heterocycles. The molecule has 0 amide bonds. The van der Waals surface area contributed by atoms with E-state index in [4.69, 9.17) is 23.8 Å². The Morgan fingerprint density at radius 3 is 2.04 bits per heavy atom. The Morgan fingerprint density at radius 1 is 0.633 bits per heavy atom. The molecule has 9 aromatic rings. The molecule has 49 heavy (non-hydrogen) atoms. The van der Waals surface area contributed by atoms with Crippen LogP contribution in [-0.2, 0) is 0 Å². The lowest BCUT2D eigenvalue weighted by Crippen LogP contribution is -1.96. The molecule has 6 nitrogen and oxygen atoms in total. The average Bonchev–Trinajstić information content (AvgIpc) is 3.74. The van der Waals surface area contributed by atoms with E-state index in [0.29, 0.717) is 11.7 Å². The summed E-state index contributed by atoms with van der Waals surface area (Å²) in [6, 6.07) is 41.0. The first-order valence-corrected chi connectivity index (χ1v) is 16.0. The second-order valence-electron chi connectivity index (χ2n) is 12.1. The first-order chi connectivity index (χ1) is 24.1. The number of benzene rings is 6. The lowest BCUT2D eigenvalue weighted by Gasteiger charge is -2.08. The fourth-order valence-electron chi connectivity index (χ4n) is 6.56. The smallest absolute Gasteiger partial charge is 0.162 e. The van der Waals surface area contributed by atoms with Crippen LogP contribution in [0.15, 0.2) is 159 Å². The highest BCUT2D eigenvalue weighted by Crippen LogP contribution is 2.35. The average molecular weight is 633 g/mol. The lowest BCUT2D eigenvalue weighted by molar-refractivity contribution is 0.668. The first-order valence-electron chi connectivity index (χ1n) is 16.0. The van der Waals surface area contributed by atoms with Gasteiger partial charge in [0.05, 0.1) is 11.1 Å². The Morgan fingerprint density at radius 2 is 1.29 bits per heavy atom. The van der Waals surface area contributed by atoms with Crippen molar-refractivity contribution in [2.24, 2.45) is 9.98 Å². The zero-order valence-corrected chi connectivity index (χ0v) is 26.6. The van der Waals surface area contributed by atoms with Gasteiger partial charge in [-0.3, -0.25) is 0 Å². The van der Waals surface area contributed by atoms with Gasteiger partial charge in [-0.15, -0.1) is 0 Å². The van der Waals surface area contributed by atoms with Crippen LogP contribution in [0.3, 0.4) is 0 Å². The number of allylic oxidation sites excluding steroid dienone is 1. The molecule has 0 fully saturated rings. The van der Waals surface area contributed by atoms with Gasteiger partial charge < -0.3 is 8.83 Å². The molecule has 3 heterocycles. The molecule has 232 valence electrons. The van der Waals surface area contributed by atoms with Gasteiger partial charge in [-0.05, 0) is 77.5 Å². The Kier molecular flexibility index (Phi) is 6.73. The normalized spacial score (nSPS) is 12.5. The van der Waals surface area contributed by atoms with Gasteiger partial charge in [-0.25, -0.2) is 20.0 Å². The quantitative estimate of drug-likeness (QED) is 0.140. The number of hydrogen-bond donors (Lipinski definition) is 0. The predicted octanol–water partition coefficient (Wildman–Crippen LogP) is 11.3. The molecule has 0 saturated heterocycles. The van der Waals surface area contributed by atoms with Gasteiger partial charge >= 0.3 is 0 Å². The first kappa shape index (κ1) is 28.6. The fraction of sp³-hybridized carbons (Fsp3) is 0.0233. The van der Waals surface area contributed by atoms with Crippen molar-refractivity contribution in [3.8, 4) is 22.5 Å². The van der Waals surface area contributed by atoms with Gasteiger partial charge in [-0.1, -0.05) is 84.9 Å². The highest BCUT2D eigenvalue weighted by molar-refractivity contribution is 6.15. The maximum Gasteiger partial charge on any atom is 0.162 e. The van der Waals surface area contributed by atoms with Gasteiger partial charge in [0.15, 0.2) is 11.7 Å². The van der Waals surface area contributed by atoms with E-state index in [1.165, 1.54) is 0 Å². The molecule has 9 rings (SSSR count). The van der Waals surface area contributed by atoms with Crippen LogP contribution in [0.4, 0.5) is 0 Å². The summed E-state index contributed by atoms with van der Waals surface area (Å²) in [6.45, 7) is 5.85. The van der Waals surface area contributed by atoms with Crippen LogP contribution < -0.4 is 0 Å². The van der Waals surface area contributed by atoms with Crippen molar-refractivity contribution in [1.29, 1.82) is 0 Å². The third kappa shape index (κ3) is 4.89. The van der Waals surface area contributed by atoms with Crippen molar-refractivity contribution >= 4 is 72.8 Å². The number of amidine groups is 1. The third-order valence-corrected chi connectivity index (χ3v) is 9.10. The highest BCUT2D eigenvalue weighted by Gasteiger charge is 2.15. The van der Waals surface area contributed by atoms with E-state index in [2.05, 4.69) is 72.4 Å². The molecule has 0 N–H and O–H groups in total. The summed E-state index contributed by atoms with van der Waals surface area (Å²) >= 11 is 0. The summed E-state index contributed by atoms with van der Waals surface area (Å²) in [6.07, 6.45) is 5.59. The summed E-state index contributed by atoms with van der Waals surface area (Å²) in [7, 11) is 0. The summed E-state index contributed by atoms with van der Waals surface area (Å²) in [5, 5.41) is 6.48. The second-order valence-corrected chi connectivity index (χ2v) is 12.1. The van der Waals surface area contributed by atoms with E-state index in [9.17, 15) is 0 Å². The molecule has 0 bridgehead atoms. The number of fused-ring (bicyclic) bond motifs is 7. The van der Waals surface area contributed by atoms with Crippen LogP contribution in [0.5, 0.6) is 0 Å². The summed E-state index contributed by atoms with van der Waals surface area (Å²) in [4.78, 5) is 18.6. The minimum absolute atomic E-state index is 0.507. The Hall–Kier alpha value is -6.66. The maximum absolute atomic E-state index is 6.21. The van der Waals surface area contributed by atoms with E-state index in [0.717, 1.165) is 88.0 Å². The molecular formula is C43H28N4O2. The van der Waals surface area contributed by atoms with Crippen molar-refractivity contribution in [1.82, 2.24) is 9.97 Å². The van der Waals surface area contributed by atoms with Crippen molar-refractivity contribution in [3.05, 3.63) is 151 Å². The number of para-hydroxylation sites is 4. The monoisotopic (exact) mass is 632 g/mol. The van der Waals surface area contributed by atoms with Crippen molar-refractivity contribution in [2.75, 3.05) is 0 Å². The third-order valence-electron chi connectivity index (χ3n) is 9.10. The standard InChI is InChI=1S/C43H28N4O2/c1-26(23-45-42(44-2)36-13-7-11-34-32-9-3-5-15-38(32)48-40(34)36)28-19-17-27-18-20-29(22-30(27)21-28)31-24-46-43(47-25-31)37-14-8-12-35-33-10-4-6-16-39(33)49-41(35)37/h3-25H,2H2,1H3/b26-23+,45-42-. The number of hydrogen-bond acceptors (Lipinski definition) is 5. The van der Waals surface area contributed by atoms with E-state index in [1.54, 1.807) is 0 Å². The Labute approximate surface area is 281 Å². The number of nitrogens with zero attached hydrogens (tertiary/aromatic N) is 4. The maximum atomic E-state index is 6.21. The van der Waals surface area contributed by atoms with Gasteiger partial charge in [0, 0.05) is 45.7 Å². The molecule has 6 heteroatoms. The van der Waals surface area contributed by atoms with E-state index >= 15 is 0 Å². The van der Waals surface area contributed by atoms with E-state index in [-0.39, 0.29) is 0 Å². The molecular weight excluding hydrogens is 604 g/mol. The number of furan rings is 2. The van der Waals surface area contributed by atoms with Crippen LogP contribution >= 0.6 is 0 Å². The number of rotatable bonds is 5. The highest BCUT2D eigenvalue weighted by atomic mass is 16.3. The molecule has 0 spiro atoms. The molecule has 0 unspecified atom stereocenters. The van der Waals surface area contributed by atoms with Crippen LogP contribution in [0.25, 0.3) is 82.7 Å². The minimum atomic E-state index is 0.507. The van der Waals surface area contributed by atoms with Crippen LogP contribution in [0.2, 0.25) is 0 Å². The zero-order chi connectivity index (χ0) is 32.9. The summed E-state index contributed by atoms with van der Waals surface area (Å²) in [5.74, 6) is 1.13. The lowest BCUT2D eigenvalue weighted by atomic mass is 9.99. The van der Waals surface area contributed by atoms with Gasteiger partial charge in [-0.2, -0.15) is 0 Å². The van der Waals surface area contributed by atoms with Gasteiger partial charge in [0.1, 0.15) is 22.3 Å². The van der Waals surface area contributed by atoms with Crippen molar-refractivity contribution < 1.29 is 8.83 Å². The Balaban J connectivity index is 1.02. The Bertz CT molecular complexity index is 2800. The van der Waals surface area contributed by atoms with Gasteiger partial charge in [0.25, 0.3) is 0 Å². The SMILES string of the molecule is C=N/C(=N\C=C(/C)c1ccc2ccc(-c3cnc(-c4cccc5c4oc4ccccc45)nc3)cc2c1)c1cccc2c1oc1ccccc12. The molecule has 0 saturated carbocycles. The summed E-state index contributed by atoms with van der Waals surface area (Å²) in [5.41, 5.74) is 8.94. The van der Waals surface area contributed by atoms with Crippen molar-refractivity contribution in [2.45, 2.75) is 6.92 Å². The second kappa shape index (κ2) is 11.5. The zero-order valence-electron chi connectivity index (χ0n) is 26.6. The van der Waals surface area contributed by atoms with E-state index < -0.39 is 0 Å². The van der Waals surface area contributed by atoms with Crippen molar-refractivity contribution in [3.63, 3.8) is 0 Å². The van der Waals surface area contributed by atoms with Crippen LogP contribution in [0.1, 0.15) is 18.1 Å². The number of aliphatic imine (C=N–C) groups is 2. The van der Waals surface area contributed by atoms with Crippen LogP contribution in [-0.4, -0.2) is 22.5 Å². The largest absolute Gasteiger partial charge is 0.455 e. The minimum Gasteiger partial charge on any atom is -0.455 e. The number of aromatic nitrogens is 2. The molecule has 0 radical (unpaired) electrons. The summed E-state index contributed by atoms with van der Waals surface area (Å²) < 4.78 is 12.4. The van der Waals surface area contributed by atoms with Gasteiger partial charge in [0.2, 0.25) is 0 Å². The predicted molar refractivity (Wildman–Crippen MR) is 201 cm³/mol. The molecule has 0 aliphatic carbocycles. The fourth-order valence-corrected chi connectivity index (χ4v) is 6.56. The van der Waals surface area contributed by atoms with E-state index in [1.807, 2.05) is 86.2 Å². The molecule has 0 atom stereocenters. The molecule has 6 aromatic carbocycles. The van der Waals surface area contributed by atoms with Crippen LogP contribution in [0, 0.1) is 0 Å². The molecule has 0 aliphatic rings. The molecule has 0 aliphatic heterocycles.